The van der Waals surface area contributed by atoms with Gasteiger partial charge in [0.05, 0.1) is 6.04 Å². The van der Waals surface area contributed by atoms with Gasteiger partial charge >= 0.3 is 0 Å². The molecular weight excluding hydrogens is 218 g/mol. The molecule has 0 radical (unpaired) electrons. The van der Waals surface area contributed by atoms with Gasteiger partial charge in [-0.15, -0.1) is 11.3 Å². The lowest BCUT2D eigenvalue weighted by Gasteiger charge is -2.18. The van der Waals surface area contributed by atoms with Crippen LogP contribution >= 0.6 is 11.3 Å². The molecule has 2 atom stereocenters. The Morgan fingerprint density at radius 2 is 2.19 bits per heavy atom. The van der Waals surface area contributed by atoms with E-state index >= 15 is 0 Å². The largest absolute Gasteiger partial charge is 0.347 e. The van der Waals surface area contributed by atoms with Crippen molar-refractivity contribution >= 4 is 11.3 Å². The van der Waals surface area contributed by atoms with Crippen LogP contribution in [0.25, 0.3) is 0 Å². The molecule has 0 fully saturated rings. The first-order valence-corrected chi connectivity index (χ1v) is 6.35. The van der Waals surface area contributed by atoms with Gasteiger partial charge in [0.25, 0.3) is 0 Å². The number of thiophene rings is 1. The zero-order valence-corrected chi connectivity index (χ0v) is 10.6. The van der Waals surface area contributed by atoms with Gasteiger partial charge in [0.2, 0.25) is 0 Å². The molecule has 2 aromatic rings. The van der Waals surface area contributed by atoms with Crippen molar-refractivity contribution in [3.63, 3.8) is 0 Å². The van der Waals surface area contributed by atoms with Crippen molar-refractivity contribution in [2.75, 3.05) is 0 Å². The summed E-state index contributed by atoms with van der Waals surface area (Å²) in [6.45, 7) is 6.47. The second-order valence-electron chi connectivity index (χ2n) is 4.05. The molecule has 2 N–H and O–H groups in total. The van der Waals surface area contributed by atoms with E-state index in [4.69, 9.17) is 0 Å². The van der Waals surface area contributed by atoms with Crippen molar-refractivity contribution < 1.29 is 0 Å². The molecule has 0 aliphatic rings. The van der Waals surface area contributed by atoms with E-state index in [1.54, 1.807) is 17.5 Å². The van der Waals surface area contributed by atoms with Crippen LogP contribution < -0.4 is 5.32 Å². The van der Waals surface area contributed by atoms with Gasteiger partial charge in [-0.05, 0) is 37.8 Å². The van der Waals surface area contributed by atoms with Crippen LogP contribution in [0, 0.1) is 6.92 Å². The Labute approximate surface area is 99.9 Å². The number of rotatable bonds is 4. The van der Waals surface area contributed by atoms with E-state index in [0.717, 1.165) is 5.82 Å². The van der Waals surface area contributed by atoms with Crippen molar-refractivity contribution in [1.82, 2.24) is 15.3 Å². The monoisotopic (exact) mass is 235 g/mol. The molecule has 2 unspecified atom stereocenters. The zero-order valence-electron chi connectivity index (χ0n) is 9.82. The van der Waals surface area contributed by atoms with E-state index in [2.05, 4.69) is 47.5 Å². The quantitative estimate of drug-likeness (QED) is 0.854. The summed E-state index contributed by atoms with van der Waals surface area (Å²) in [5, 5.41) is 5.68. The molecule has 0 bridgehead atoms. The van der Waals surface area contributed by atoms with E-state index in [0.29, 0.717) is 6.04 Å². The maximum Gasteiger partial charge on any atom is 0.122 e. The minimum absolute atomic E-state index is 0.242. The topological polar surface area (TPSA) is 40.7 Å². The Hall–Kier alpha value is -1.13. The molecule has 2 heterocycles. The number of imidazole rings is 1. The van der Waals surface area contributed by atoms with Gasteiger partial charge in [-0.3, -0.25) is 0 Å². The van der Waals surface area contributed by atoms with Crippen LogP contribution in [-0.2, 0) is 0 Å². The predicted molar refractivity (Wildman–Crippen MR) is 67.6 cm³/mol. The average Bonchev–Trinajstić information content (AvgIpc) is 2.86. The van der Waals surface area contributed by atoms with Gasteiger partial charge in [-0.2, -0.15) is 0 Å². The zero-order chi connectivity index (χ0) is 11.5. The van der Waals surface area contributed by atoms with Crippen LogP contribution in [0.4, 0.5) is 0 Å². The van der Waals surface area contributed by atoms with Crippen LogP contribution in [0.15, 0.2) is 23.8 Å². The highest BCUT2D eigenvalue weighted by Crippen LogP contribution is 2.25. The molecule has 86 valence electrons. The molecule has 16 heavy (non-hydrogen) atoms. The minimum atomic E-state index is 0.242. The Morgan fingerprint density at radius 3 is 2.75 bits per heavy atom. The molecule has 0 aliphatic heterocycles. The number of hydrogen-bond donors (Lipinski definition) is 2. The van der Waals surface area contributed by atoms with Crippen molar-refractivity contribution in [2.24, 2.45) is 0 Å². The second-order valence-corrected chi connectivity index (χ2v) is 5.00. The lowest BCUT2D eigenvalue weighted by molar-refractivity contribution is 0.483. The van der Waals surface area contributed by atoms with Crippen LogP contribution in [-0.4, -0.2) is 9.97 Å². The third-order valence-corrected chi connectivity index (χ3v) is 3.93. The number of nitrogens with zero attached hydrogens (tertiary/aromatic N) is 1. The van der Waals surface area contributed by atoms with E-state index in [-0.39, 0.29) is 6.04 Å². The van der Waals surface area contributed by atoms with E-state index in [1.165, 1.54) is 10.4 Å². The number of hydrogen-bond acceptors (Lipinski definition) is 3. The molecule has 0 aromatic carbocycles. The van der Waals surface area contributed by atoms with E-state index < -0.39 is 0 Å². The van der Waals surface area contributed by atoms with Gasteiger partial charge in [-0.1, -0.05) is 0 Å². The van der Waals surface area contributed by atoms with Crippen LogP contribution in [0.1, 0.15) is 42.2 Å². The highest BCUT2D eigenvalue weighted by molar-refractivity contribution is 7.10. The first kappa shape index (κ1) is 11.4. The summed E-state index contributed by atoms with van der Waals surface area (Å²) in [6.07, 6.45) is 3.64. The standard InChI is InChI=1S/C12H17N3S/c1-8-4-7-16-11(8)9(2)15-10(3)12-13-5-6-14-12/h4-7,9-10,15H,1-3H3,(H,13,14). The average molecular weight is 235 g/mol. The molecule has 2 aromatic heterocycles. The van der Waals surface area contributed by atoms with Crippen molar-refractivity contribution in [2.45, 2.75) is 32.9 Å². The minimum Gasteiger partial charge on any atom is -0.347 e. The fraction of sp³-hybridized carbons (Fsp3) is 0.417. The molecule has 4 heteroatoms. The highest BCUT2D eigenvalue weighted by Gasteiger charge is 2.14. The number of nitrogens with one attached hydrogen (secondary N) is 2. The van der Waals surface area contributed by atoms with Gasteiger partial charge in [0.15, 0.2) is 0 Å². The lowest BCUT2D eigenvalue weighted by Crippen LogP contribution is -2.23. The van der Waals surface area contributed by atoms with Crippen molar-refractivity contribution in [3.05, 3.63) is 40.1 Å². The predicted octanol–water partition coefficient (Wildman–Crippen LogP) is 3.19. The van der Waals surface area contributed by atoms with Crippen molar-refractivity contribution in [3.8, 4) is 0 Å². The fourth-order valence-corrected chi connectivity index (χ4v) is 2.82. The molecular formula is C12H17N3S. The summed E-state index contributed by atoms with van der Waals surface area (Å²) in [4.78, 5) is 8.79. The summed E-state index contributed by atoms with van der Waals surface area (Å²) in [6, 6.07) is 2.77. The first-order valence-electron chi connectivity index (χ1n) is 5.48. The molecule has 3 nitrogen and oxygen atoms in total. The maximum atomic E-state index is 4.26. The van der Waals surface area contributed by atoms with Crippen LogP contribution in [0.2, 0.25) is 0 Å². The maximum absolute atomic E-state index is 4.26. The molecule has 0 saturated heterocycles. The number of aromatic amines is 1. The number of aryl methyl sites for hydroxylation is 1. The summed E-state index contributed by atoms with van der Waals surface area (Å²) in [7, 11) is 0. The number of H-pyrrole nitrogens is 1. The van der Waals surface area contributed by atoms with Crippen LogP contribution in [0.5, 0.6) is 0 Å². The summed E-state index contributed by atoms with van der Waals surface area (Å²) >= 11 is 1.80. The molecule has 0 saturated carbocycles. The summed E-state index contributed by atoms with van der Waals surface area (Å²) in [5.74, 6) is 0.987. The van der Waals surface area contributed by atoms with Gasteiger partial charge in [-0.25, -0.2) is 4.98 Å². The van der Waals surface area contributed by atoms with E-state index in [1.807, 2.05) is 6.20 Å². The molecule has 0 amide bonds. The lowest BCUT2D eigenvalue weighted by atomic mass is 10.1. The third-order valence-electron chi connectivity index (χ3n) is 2.72. The molecule has 0 aliphatic carbocycles. The van der Waals surface area contributed by atoms with Crippen LogP contribution in [0.3, 0.4) is 0 Å². The highest BCUT2D eigenvalue weighted by atomic mass is 32.1. The number of aromatic nitrogens is 2. The molecule has 2 rings (SSSR count). The van der Waals surface area contributed by atoms with Gasteiger partial charge in [0.1, 0.15) is 5.82 Å². The summed E-state index contributed by atoms with van der Waals surface area (Å²) < 4.78 is 0. The third kappa shape index (κ3) is 2.33. The second kappa shape index (κ2) is 4.80. The van der Waals surface area contributed by atoms with E-state index in [9.17, 15) is 0 Å². The first-order chi connectivity index (χ1) is 7.68. The smallest absolute Gasteiger partial charge is 0.122 e. The Bertz CT molecular complexity index is 433. The van der Waals surface area contributed by atoms with Gasteiger partial charge in [0, 0.05) is 23.3 Å². The Morgan fingerprint density at radius 1 is 1.38 bits per heavy atom. The Balaban J connectivity index is 2.03. The van der Waals surface area contributed by atoms with Crippen molar-refractivity contribution in [1.29, 1.82) is 0 Å². The Kier molecular flexibility index (Phi) is 3.41. The summed E-state index contributed by atoms with van der Waals surface area (Å²) in [5.41, 5.74) is 1.36. The molecule has 0 spiro atoms. The van der Waals surface area contributed by atoms with Gasteiger partial charge < -0.3 is 10.3 Å². The normalized spacial score (nSPS) is 14.9. The fourth-order valence-electron chi connectivity index (χ4n) is 1.87. The SMILES string of the molecule is Cc1ccsc1C(C)NC(C)c1ncc[nH]1.